The van der Waals surface area contributed by atoms with Crippen molar-refractivity contribution in [2.24, 2.45) is 7.05 Å². The number of aromatic nitrogens is 1. The zero-order chi connectivity index (χ0) is 13.5. The summed E-state index contributed by atoms with van der Waals surface area (Å²) in [4.78, 5) is 22.8. The third kappa shape index (κ3) is 4.12. The van der Waals surface area contributed by atoms with Crippen LogP contribution in [0.1, 0.15) is 30.3 Å². The highest BCUT2D eigenvalue weighted by molar-refractivity contribution is 5.90. The van der Waals surface area contributed by atoms with Gasteiger partial charge in [-0.05, 0) is 12.5 Å². The minimum absolute atomic E-state index is 0.300. The van der Waals surface area contributed by atoms with Crippen LogP contribution < -0.4 is 5.73 Å². The van der Waals surface area contributed by atoms with Crippen molar-refractivity contribution in [2.45, 2.75) is 19.8 Å². The van der Waals surface area contributed by atoms with E-state index in [1.165, 1.54) is 6.07 Å². The van der Waals surface area contributed by atoms with E-state index in [4.69, 9.17) is 15.2 Å². The first-order chi connectivity index (χ1) is 8.54. The average molecular weight is 254 g/mol. The first-order valence-electron chi connectivity index (χ1n) is 5.79. The molecular weight excluding hydrogens is 236 g/mol. The quantitative estimate of drug-likeness (QED) is 0.607. The van der Waals surface area contributed by atoms with Crippen molar-refractivity contribution in [1.29, 1.82) is 0 Å². The number of rotatable bonds is 6. The number of hydrogen-bond acceptors (Lipinski definition) is 5. The molecule has 0 fully saturated rings. The minimum atomic E-state index is -0.596. The summed E-state index contributed by atoms with van der Waals surface area (Å²) in [5.74, 6) is -1.14. The summed E-state index contributed by atoms with van der Waals surface area (Å²) in [5, 5.41) is 0. The Morgan fingerprint density at radius 2 is 2.11 bits per heavy atom. The molecule has 0 amide bonds. The van der Waals surface area contributed by atoms with Gasteiger partial charge in [-0.1, -0.05) is 13.3 Å². The number of ether oxygens (including phenoxy) is 2. The molecule has 0 aromatic carbocycles. The highest BCUT2D eigenvalue weighted by Gasteiger charge is 2.14. The SMILES string of the molecule is CCCCOC(=O)COC(=O)c1cc(N)cn1C. The van der Waals surface area contributed by atoms with Crippen molar-refractivity contribution in [1.82, 2.24) is 4.57 Å². The molecular formula is C12H18N2O4. The Labute approximate surface area is 106 Å². The molecule has 0 aliphatic heterocycles. The van der Waals surface area contributed by atoms with Gasteiger partial charge in [-0.2, -0.15) is 0 Å². The van der Waals surface area contributed by atoms with Crippen LogP contribution in [0.15, 0.2) is 12.3 Å². The molecule has 0 aliphatic rings. The van der Waals surface area contributed by atoms with Crippen LogP contribution in [0, 0.1) is 0 Å². The topological polar surface area (TPSA) is 83.6 Å². The number of aryl methyl sites for hydroxylation is 1. The molecule has 6 nitrogen and oxygen atoms in total. The van der Waals surface area contributed by atoms with Crippen LogP contribution in [0.25, 0.3) is 0 Å². The van der Waals surface area contributed by atoms with Crippen LogP contribution in [0.4, 0.5) is 5.69 Å². The zero-order valence-corrected chi connectivity index (χ0v) is 10.6. The molecule has 1 heterocycles. The van der Waals surface area contributed by atoms with Crippen LogP contribution in [0.2, 0.25) is 0 Å². The molecule has 0 radical (unpaired) electrons. The predicted octanol–water partition coefficient (Wildman–Crippen LogP) is 1.11. The number of nitrogens with zero attached hydrogens (tertiary/aromatic N) is 1. The molecule has 0 bridgehead atoms. The third-order valence-electron chi connectivity index (χ3n) is 2.32. The molecule has 100 valence electrons. The number of nitrogen functional groups attached to an aromatic ring is 1. The Morgan fingerprint density at radius 3 is 2.67 bits per heavy atom. The van der Waals surface area contributed by atoms with E-state index in [0.29, 0.717) is 18.0 Å². The second-order valence-corrected chi connectivity index (χ2v) is 3.92. The summed E-state index contributed by atoms with van der Waals surface area (Å²) < 4.78 is 11.2. The highest BCUT2D eigenvalue weighted by atomic mass is 16.6. The van der Waals surface area contributed by atoms with E-state index in [9.17, 15) is 9.59 Å². The van der Waals surface area contributed by atoms with Gasteiger partial charge in [-0.15, -0.1) is 0 Å². The summed E-state index contributed by atoms with van der Waals surface area (Å²) in [6.07, 6.45) is 3.33. The summed E-state index contributed by atoms with van der Waals surface area (Å²) in [5.41, 5.74) is 6.30. The van der Waals surface area contributed by atoms with Crippen LogP contribution in [-0.2, 0) is 21.3 Å². The monoisotopic (exact) mass is 254 g/mol. The largest absolute Gasteiger partial charge is 0.463 e. The first-order valence-corrected chi connectivity index (χ1v) is 5.79. The van der Waals surface area contributed by atoms with Crippen molar-refractivity contribution in [3.8, 4) is 0 Å². The number of anilines is 1. The molecule has 0 saturated carbocycles. The summed E-state index contributed by atoms with van der Waals surface area (Å²) in [6, 6.07) is 1.49. The van der Waals surface area contributed by atoms with Crippen molar-refractivity contribution in [2.75, 3.05) is 18.9 Å². The van der Waals surface area contributed by atoms with E-state index in [1.807, 2.05) is 6.92 Å². The van der Waals surface area contributed by atoms with Crippen LogP contribution in [-0.4, -0.2) is 29.7 Å². The number of carbonyl (C=O) groups excluding carboxylic acids is 2. The maximum absolute atomic E-state index is 11.6. The highest BCUT2D eigenvalue weighted by Crippen LogP contribution is 2.09. The molecule has 0 unspecified atom stereocenters. The fourth-order valence-corrected chi connectivity index (χ4v) is 1.36. The van der Waals surface area contributed by atoms with E-state index < -0.39 is 11.9 Å². The Balaban J connectivity index is 2.37. The lowest BCUT2D eigenvalue weighted by atomic mass is 10.4. The zero-order valence-electron chi connectivity index (χ0n) is 10.6. The molecule has 1 aromatic rings. The van der Waals surface area contributed by atoms with Gasteiger partial charge in [-0.3, -0.25) is 0 Å². The smallest absolute Gasteiger partial charge is 0.355 e. The Hall–Kier alpha value is -1.98. The molecule has 0 saturated heterocycles. The van der Waals surface area contributed by atoms with Gasteiger partial charge >= 0.3 is 11.9 Å². The van der Waals surface area contributed by atoms with Crippen molar-refractivity contribution in [3.05, 3.63) is 18.0 Å². The van der Waals surface area contributed by atoms with E-state index in [1.54, 1.807) is 17.8 Å². The number of nitrogens with two attached hydrogens (primary N) is 1. The lowest BCUT2D eigenvalue weighted by Gasteiger charge is -2.06. The van der Waals surface area contributed by atoms with Gasteiger partial charge in [0.25, 0.3) is 0 Å². The van der Waals surface area contributed by atoms with Crippen molar-refractivity contribution < 1.29 is 19.1 Å². The summed E-state index contributed by atoms with van der Waals surface area (Å²) >= 11 is 0. The van der Waals surface area contributed by atoms with Crippen LogP contribution >= 0.6 is 0 Å². The van der Waals surface area contributed by atoms with Gasteiger partial charge in [0.1, 0.15) is 5.69 Å². The van der Waals surface area contributed by atoms with Gasteiger partial charge in [0.2, 0.25) is 0 Å². The lowest BCUT2D eigenvalue weighted by Crippen LogP contribution is -2.18. The van der Waals surface area contributed by atoms with Crippen molar-refractivity contribution in [3.63, 3.8) is 0 Å². The Kier molecular flexibility index (Phi) is 5.23. The second kappa shape index (κ2) is 6.68. The third-order valence-corrected chi connectivity index (χ3v) is 2.32. The van der Waals surface area contributed by atoms with E-state index in [-0.39, 0.29) is 6.61 Å². The molecule has 0 spiro atoms. The fraction of sp³-hybridized carbons (Fsp3) is 0.500. The number of carbonyl (C=O) groups is 2. The van der Waals surface area contributed by atoms with E-state index >= 15 is 0 Å². The normalized spacial score (nSPS) is 10.1. The van der Waals surface area contributed by atoms with Crippen molar-refractivity contribution >= 4 is 17.6 Å². The predicted molar refractivity (Wildman–Crippen MR) is 66.0 cm³/mol. The average Bonchev–Trinajstić information content (AvgIpc) is 2.66. The number of unbranched alkanes of at least 4 members (excludes halogenated alkanes) is 1. The van der Waals surface area contributed by atoms with Gasteiger partial charge in [0, 0.05) is 13.2 Å². The molecule has 2 N–H and O–H groups in total. The van der Waals surface area contributed by atoms with Crippen LogP contribution in [0.3, 0.4) is 0 Å². The van der Waals surface area contributed by atoms with Gasteiger partial charge in [-0.25, -0.2) is 9.59 Å². The number of esters is 2. The molecule has 0 aliphatic carbocycles. The molecule has 0 atom stereocenters. The first kappa shape index (κ1) is 14.1. The maximum Gasteiger partial charge on any atom is 0.355 e. The fourth-order valence-electron chi connectivity index (χ4n) is 1.36. The molecule has 1 rings (SSSR count). The maximum atomic E-state index is 11.6. The molecule has 18 heavy (non-hydrogen) atoms. The second-order valence-electron chi connectivity index (χ2n) is 3.92. The minimum Gasteiger partial charge on any atom is -0.463 e. The summed E-state index contributed by atoms with van der Waals surface area (Å²) in [7, 11) is 1.67. The molecule has 1 aromatic heterocycles. The van der Waals surface area contributed by atoms with Gasteiger partial charge in [0.05, 0.1) is 12.3 Å². The number of hydrogen-bond donors (Lipinski definition) is 1. The van der Waals surface area contributed by atoms with Gasteiger partial charge < -0.3 is 19.8 Å². The van der Waals surface area contributed by atoms with Crippen LogP contribution in [0.5, 0.6) is 0 Å². The Bertz CT molecular complexity index is 426. The van der Waals surface area contributed by atoms with E-state index in [2.05, 4.69) is 0 Å². The Morgan fingerprint density at radius 1 is 1.39 bits per heavy atom. The standard InChI is InChI=1S/C12H18N2O4/c1-3-4-5-17-11(15)8-18-12(16)10-6-9(13)7-14(10)2/h6-7H,3-5,8,13H2,1-2H3. The van der Waals surface area contributed by atoms with Gasteiger partial charge in [0.15, 0.2) is 6.61 Å². The van der Waals surface area contributed by atoms with E-state index in [0.717, 1.165) is 12.8 Å². The summed E-state index contributed by atoms with van der Waals surface area (Å²) in [6.45, 7) is 1.96. The molecule has 6 heteroatoms. The lowest BCUT2D eigenvalue weighted by molar-refractivity contribution is -0.147.